The van der Waals surface area contributed by atoms with E-state index < -0.39 is 11.7 Å². The predicted molar refractivity (Wildman–Crippen MR) is 78.6 cm³/mol. The molecule has 122 valence electrons. The molecule has 1 fully saturated rings. The van der Waals surface area contributed by atoms with Gasteiger partial charge in [0.05, 0.1) is 43.4 Å². The van der Waals surface area contributed by atoms with Crippen molar-refractivity contribution >= 4 is 5.91 Å². The summed E-state index contributed by atoms with van der Waals surface area (Å²) in [7, 11) is 0. The van der Waals surface area contributed by atoms with Gasteiger partial charge in [-0.2, -0.15) is 5.10 Å². The van der Waals surface area contributed by atoms with Gasteiger partial charge in [0.25, 0.3) is 5.91 Å². The number of nitrogens with zero attached hydrogens (tertiary/aromatic N) is 3. The van der Waals surface area contributed by atoms with Crippen LogP contribution in [0.2, 0.25) is 0 Å². The van der Waals surface area contributed by atoms with E-state index in [-0.39, 0.29) is 17.7 Å². The molecule has 0 aromatic carbocycles. The van der Waals surface area contributed by atoms with Crippen molar-refractivity contribution in [3.63, 3.8) is 0 Å². The van der Waals surface area contributed by atoms with E-state index in [0.29, 0.717) is 19.0 Å². The van der Waals surface area contributed by atoms with Crippen molar-refractivity contribution in [2.75, 3.05) is 13.2 Å². The van der Waals surface area contributed by atoms with Gasteiger partial charge in [-0.3, -0.25) is 14.5 Å². The van der Waals surface area contributed by atoms with Gasteiger partial charge in [0.15, 0.2) is 11.6 Å². The highest BCUT2D eigenvalue weighted by molar-refractivity contribution is 5.94. The van der Waals surface area contributed by atoms with Gasteiger partial charge >= 0.3 is 0 Å². The normalized spacial score (nSPS) is 20.4. The van der Waals surface area contributed by atoms with E-state index in [0.717, 1.165) is 12.7 Å². The summed E-state index contributed by atoms with van der Waals surface area (Å²) in [5.41, 5.74) is -0.0514. The molecule has 2 aromatic heterocycles. The molecule has 0 aliphatic carbocycles. The molecule has 3 heterocycles. The summed E-state index contributed by atoms with van der Waals surface area (Å²) in [5.74, 6) is -0.569. The minimum absolute atomic E-state index is 0.0514. The second-order valence-electron chi connectivity index (χ2n) is 5.16. The van der Waals surface area contributed by atoms with Gasteiger partial charge in [0.2, 0.25) is 0 Å². The number of ether oxygens (including phenoxy) is 2. The fourth-order valence-corrected chi connectivity index (χ4v) is 2.34. The number of rotatable bonds is 5. The average molecular weight is 320 g/mol. The Bertz CT molecular complexity index is 691. The van der Waals surface area contributed by atoms with Crippen molar-refractivity contribution in [2.24, 2.45) is 0 Å². The third-order valence-electron chi connectivity index (χ3n) is 3.58. The molecule has 8 heteroatoms. The van der Waals surface area contributed by atoms with Crippen molar-refractivity contribution in [3.05, 3.63) is 42.2 Å². The highest BCUT2D eigenvalue weighted by atomic mass is 19.1. The summed E-state index contributed by atoms with van der Waals surface area (Å²) < 4.78 is 26.5. The summed E-state index contributed by atoms with van der Waals surface area (Å²) >= 11 is 0. The molecule has 2 atom stereocenters. The predicted octanol–water partition coefficient (Wildman–Crippen LogP) is 1.01. The van der Waals surface area contributed by atoms with Crippen LogP contribution >= 0.6 is 0 Å². The van der Waals surface area contributed by atoms with Crippen LogP contribution in [-0.4, -0.2) is 46.0 Å². The molecule has 3 rings (SSSR count). The zero-order valence-electron chi connectivity index (χ0n) is 12.6. The second-order valence-corrected chi connectivity index (χ2v) is 5.16. The summed E-state index contributed by atoms with van der Waals surface area (Å²) in [4.78, 5) is 15.8. The maximum absolute atomic E-state index is 13.6. The van der Waals surface area contributed by atoms with E-state index >= 15 is 0 Å². The van der Waals surface area contributed by atoms with Gasteiger partial charge in [-0.05, 0) is 13.0 Å². The average Bonchev–Trinajstić information content (AvgIpc) is 3.18. The number of hydrogen-bond donors (Lipinski definition) is 1. The largest absolute Gasteiger partial charge is 0.482 e. The maximum Gasteiger partial charge on any atom is 0.254 e. The van der Waals surface area contributed by atoms with Crippen LogP contribution in [0.3, 0.4) is 0 Å². The van der Waals surface area contributed by atoms with E-state index in [4.69, 9.17) is 9.47 Å². The molecule has 0 saturated carbocycles. The lowest BCUT2D eigenvalue weighted by Crippen LogP contribution is -2.45. The molecule has 1 N–H and O–H groups in total. The number of carbonyl (C=O) groups is 1. The number of aryl methyl sites for hydroxylation is 1. The Morgan fingerprint density at radius 3 is 3.13 bits per heavy atom. The van der Waals surface area contributed by atoms with Gasteiger partial charge in [-0.25, -0.2) is 4.39 Å². The molecular formula is C15H17FN4O3. The SMILES string of the molecule is CCn1cc(O[C@@H]2COC[C@@H]2NC(=O)c2ccncc2F)cn1. The third-order valence-corrected chi connectivity index (χ3v) is 3.58. The van der Waals surface area contributed by atoms with E-state index in [1.807, 2.05) is 6.92 Å². The molecule has 0 unspecified atom stereocenters. The number of pyridine rings is 1. The van der Waals surface area contributed by atoms with Gasteiger partial charge < -0.3 is 14.8 Å². The first kappa shape index (κ1) is 15.4. The summed E-state index contributed by atoms with van der Waals surface area (Å²) in [6.45, 7) is 3.37. The van der Waals surface area contributed by atoms with Crippen LogP contribution in [0.5, 0.6) is 5.75 Å². The minimum Gasteiger partial charge on any atom is -0.482 e. The van der Waals surface area contributed by atoms with Crippen molar-refractivity contribution in [3.8, 4) is 5.75 Å². The molecule has 7 nitrogen and oxygen atoms in total. The summed E-state index contributed by atoms with van der Waals surface area (Å²) in [6.07, 6.45) is 5.42. The highest BCUT2D eigenvalue weighted by Crippen LogP contribution is 2.17. The lowest BCUT2D eigenvalue weighted by atomic mass is 10.2. The molecule has 23 heavy (non-hydrogen) atoms. The Morgan fingerprint density at radius 1 is 1.52 bits per heavy atom. The number of carbonyl (C=O) groups excluding carboxylic acids is 1. The smallest absolute Gasteiger partial charge is 0.254 e. The highest BCUT2D eigenvalue weighted by Gasteiger charge is 2.32. The molecule has 2 aromatic rings. The van der Waals surface area contributed by atoms with E-state index in [2.05, 4.69) is 15.4 Å². The Balaban J connectivity index is 1.65. The van der Waals surface area contributed by atoms with Crippen LogP contribution in [0, 0.1) is 5.82 Å². The second kappa shape index (κ2) is 6.74. The van der Waals surface area contributed by atoms with Crippen LogP contribution in [-0.2, 0) is 11.3 Å². The Labute approximate surface area is 132 Å². The van der Waals surface area contributed by atoms with E-state index in [1.54, 1.807) is 17.1 Å². The topological polar surface area (TPSA) is 78.3 Å². The summed E-state index contributed by atoms with van der Waals surface area (Å²) in [6, 6.07) is 0.974. The standard InChI is InChI=1S/C15H17FN4O3/c1-2-20-7-10(5-18-20)23-14-9-22-8-13(14)19-15(21)11-3-4-17-6-12(11)16/h3-7,13-14H,2,8-9H2,1H3,(H,19,21)/t13-,14+/m0/s1. The molecule has 1 saturated heterocycles. The van der Waals surface area contributed by atoms with Crippen LogP contribution in [0.25, 0.3) is 0 Å². The molecule has 1 aliphatic rings. The monoisotopic (exact) mass is 320 g/mol. The first-order valence-electron chi connectivity index (χ1n) is 7.34. The fourth-order valence-electron chi connectivity index (χ4n) is 2.34. The van der Waals surface area contributed by atoms with Gasteiger partial charge in [0, 0.05) is 12.7 Å². The number of halogens is 1. The number of nitrogens with one attached hydrogen (secondary N) is 1. The maximum atomic E-state index is 13.6. The summed E-state index contributed by atoms with van der Waals surface area (Å²) in [5, 5.41) is 6.87. The molecular weight excluding hydrogens is 303 g/mol. The van der Waals surface area contributed by atoms with Gasteiger partial charge in [0.1, 0.15) is 6.10 Å². The quantitative estimate of drug-likeness (QED) is 0.890. The number of aromatic nitrogens is 3. The van der Waals surface area contributed by atoms with Crippen LogP contribution in [0.1, 0.15) is 17.3 Å². The molecule has 1 amide bonds. The van der Waals surface area contributed by atoms with Crippen molar-refractivity contribution < 1.29 is 18.7 Å². The number of amides is 1. The van der Waals surface area contributed by atoms with E-state index in [9.17, 15) is 9.18 Å². The van der Waals surface area contributed by atoms with Crippen LogP contribution in [0.4, 0.5) is 4.39 Å². The van der Waals surface area contributed by atoms with Crippen LogP contribution in [0.15, 0.2) is 30.9 Å². The Hall–Kier alpha value is -2.48. The Kier molecular flexibility index (Phi) is 4.52. The van der Waals surface area contributed by atoms with Crippen LogP contribution < -0.4 is 10.1 Å². The molecule has 1 aliphatic heterocycles. The first-order chi connectivity index (χ1) is 11.2. The van der Waals surface area contributed by atoms with Gasteiger partial charge in [-0.15, -0.1) is 0 Å². The zero-order chi connectivity index (χ0) is 16.2. The molecule has 0 spiro atoms. The first-order valence-corrected chi connectivity index (χ1v) is 7.34. The minimum atomic E-state index is -0.661. The van der Waals surface area contributed by atoms with Gasteiger partial charge in [-0.1, -0.05) is 0 Å². The van der Waals surface area contributed by atoms with Crippen molar-refractivity contribution in [1.29, 1.82) is 0 Å². The zero-order valence-corrected chi connectivity index (χ0v) is 12.6. The molecule has 0 bridgehead atoms. The third kappa shape index (κ3) is 3.48. The van der Waals surface area contributed by atoms with Crippen molar-refractivity contribution in [2.45, 2.75) is 25.6 Å². The van der Waals surface area contributed by atoms with E-state index in [1.165, 1.54) is 12.3 Å². The lowest BCUT2D eigenvalue weighted by Gasteiger charge is -2.19. The lowest BCUT2D eigenvalue weighted by molar-refractivity contribution is 0.0900. The Morgan fingerprint density at radius 2 is 2.39 bits per heavy atom. The molecule has 0 radical (unpaired) electrons. The number of hydrogen-bond acceptors (Lipinski definition) is 5. The fraction of sp³-hybridized carbons (Fsp3) is 0.400. The van der Waals surface area contributed by atoms with Crippen molar-refractivity contribution in [1.82, 2.24) is 20.1 Å².